The first-order valence-electron chi connectivity index (χ1n) is 6.58. The summed E-state index contributed by atoms with van der Waals surface area (Å²) in [6, 6.07) is 7.34. The molecule has 114 valence electrons. The van der Waals surface area contributed by atoms with Crippen LogP contribution in [-0.2, 0) is 0 Å². The fourth-order valence-electron chi connectivity index (χ4n) is 2.13. The molecule has 1 aromatic carbocycles. The standard InChI is InChI=1S/C14H20ClF3N2/c1-3-20(10-14(16,17)18)9-8-13(19-2)11-6-4-5-7-12(11)15/h4-7,13,19H,3,8-10H2,1-2H3. The van der Waals surface area contributed by atoms with Crippen LogP contribution >= 0.6 is 11.6 Å². The van der Waals surface area contributed by atoms with Gasteiger partial charge in [-0.3, -0.25) is 4.90 Å². The van der Waals surface area contributed by atoms with Gasteiger partial charge in [0.2, 0.25) is 0 Å². The molecule has 0 heterocycles. The van der Waals surface area contributed by atoms with Crippen molar-refractivity contribution in [2.45, 2.75) is 25.6 Å². The Morgan fingerprint density at radius 2 is 1.95 bits per heavy atom. The summed E-state index contributed by atoms with van der Waals surface area (Å²) in [6.45, 7) is 1.60. The van der Waals surface area contributed by atoms with Crippen LogP contribution in [0.5, 0.6) is 0 Å². The van der Waals surface area contributed by atoms with Crippen molar-refractivity contribution in [3.63, 3.8) is 0 Å². The van der Waals surface area contributed by atoms with E-state index in [-0.39, 0.29) is 6.04 Å². The zero-order valence-electron chi connectivity index (χ0n) is 11.7. The minimum Gasteiger partial charge on any atom is -0.313 e. The SMILES string of the molecule is CCN(CCC(NC)c1ccccc1Cl)CC(F)(F)F. The quantitative estimate of drug-likeness (QED) is 0.822. The van der Waals surface area contributed by atoms with Crippen LogP contribution in [0, 0.1) is 0 Å². The van der Waals surface area contributed by atoms with E-state index in [1.54, 1.807) is 20.0 Å². The summed E-state index contributed by atoms with van der Waals surface area (Å²) in [4.78, 5) is 1.39. The van der Waals surface area contributed by atoms with E-state index in [1.165, 1.54) is 4.90 Å². The third-order valence-electron chi connectivity index (χ3n) is 3.21. The molecular weight excluding hydrogens is 289 g/mol. The zero-order chi connectivity index (χ0) is 15.2. The van der Waals surface area contributed by atoms with Crippen molar-refractivity contribution in [2.24, 2.45) is 0 Å². The maximum atomic E-state index is 12.4. The van der Waals surface area contributed by atoms with Crippen LogP contribution < -0.4 is 5.32 Å². The molecule has 0 aliphatic carbocycles. The van der Waals surface area contributed by atoms with E-state index in [2.05, 4.69) is 5.32 Å². The summed E-state index contributed by atoms with van der Waals surface area (Å²) in [7, 11) is 1.79. The van der Waals surface area contributed by atoms with Crippen LogP contribution in [0.3, 0.4) is 0 Å². The fourth-order valence-corrected chi connectivity index (χ4v) is 2.39. The summed E-state index contributed by atoms with van der Waals surface area (Å²) < 4.78 is 37.2. The molecule has 1 atom stereocenters. The third kappa shape index (κ3) is 5.69. The lowest BCUT2D eigenvalue weighted by Gasteiger charge is -2.25. The Labute approximate surface area is 122 Å². The Bertz CT molecular complexity index is 410. The minimum atomic E-state index is -4.16. The van der Waals surface area contributed by atoms with Gasteiger partial charge in [-0.05, 0) is 31.6 Å². The van der Waals surface area contributed by atoms with E-state index in [1.807, 2.05) is 18.2 Å². The van der Waals surface area contributed by atoms with Crippen LogP contribution in [0.4, 0.5) is 13.2 Å². The number of halogens is 4. The summed E-state index contributed by atoms with van der Waals surface area (Å²) in [5.41, 5.74) is 0.916. The van der Waals surface area contributed by atoms with Crippen LogP contribution in [-0.4, -0.2) is 37.8 Å². The highest BCUT2D eigenvalue weighted by Crippen LogP contribution is 2.25. The van der Waals surface area contributed by atoms with Crippen molar-refractivity contribution in [3.05, 3.63) is 34.9 Å². The molecular formula is C14H20ClF3N2. The molecule has 0 aliphatic heterocycles. The van der Waals surface area contributed by atoms with Gasteiger partial charge in [0.25, 0.3) is 0 Å². The van der Waals surface area contributed by atoms with E-state index in [4.69, 9.17) is 11.6 Å². The molecule has 2 nitrogen and oxygen atoms in total. The van der Waals surface area contributed by atoms with E-state index < -0.39 is 12.7 Å². The summed E-state index contributed by atoms with van der Waals surface area (Å²) >= 11 is 6.12. The van der Waals surface area contributed by atoms with Crippen LogP contribution in [0.25, 0.3) is 0 Å². The van der Waals surface area contributed by atoms with Gasteiger partial charge in [-0.15, -0.1) is 0 Å². The molecule has 0 aromatic heterocycles. The van der Waals surface area contributed by atoms with E-state index in [0.29, 0.717) is 24.5 Å². The maximum Gasteiger partial charge on any atom is 0.401 e. The summed E-state index contributed by atoms with van der Waals surface area (Å²) in [5, 5.41) is 3.74. The highest BCUT2D eigenvalue weighted by atomic mass is 35.5. The average molecular weight is 309 g/mol. The number of hydrogen-bond acceptors (Lipinski definition) is 2. The lowest BCUT2D eigenvalue weighted by Crippen LogP contribution is -2.36. The maximum absolute atomic E-state index is 12.4. The van der Waals surface area contributed by atoms with Gasteiger partial charge in [0, 0.05) is 17.6 Å². The van der Waals surface area contributed by atoms with E-state index >= 15 is 0 Å². The van der Waals surface area contributed by atoms with Crippen molar-refractivity contribution in [3.8, 4) is 0 Å². The third-order valence-corrected chi connectivity index (χ3v) is 3.56. The Morgan fingerprint density at radius 3 is 2.45 bits per heavy atom. The smallest absolute Gasteiger partial charge is 0.313 e. The van der Waals surface area contributed by atoms with Gasteiger partial charge in [0.15, 0.2) is 0 Å². The molecule has 0 spiro atoms. The van der Waals surface area contributed by atoms with Gasteiger partial charge in [0.1, 0.15) is 0 Å². The fraction of sp³-hybridized carbons (Fsp3) is 0.571. The number of hydrogen-bond donors (Lipinski definition) is 1. The number of nitrogens with zero attached hydrogens (tertiary/aromatic N) is 1. The average Bonchev–Trinajstić information content (AvgIpc) is 2.38. The van der Waals surface area contributed by atoms with Crippen molar-refractivity contribution in [1.29, 1.82) is 0 Å². The predicted octanol–water partition coefficient (Wildman–Crippen LogP) is 3.87. The minimum absolute atomic E-state index is 0.0500. The van der Waals surface area contributed by atoms with Gasteiger partial charge in [-0.1, -0.05) is 36.7 Å². The second-order valence-electron chi connectivity index (χ2n) is 4.64. The normalized spacial score (nSPS) is 13.8. The summed E-state index contributed by atoms with van der Waals surface area (Å²) in [6.07, 6.45) is -3.58. The number of nitrogens with one attached hydrogen (secondary N) is 1. The van der Waals surface area contributed by atoms with Crippen LogP contribution in [0.15, 0.2) is 24.3 Å². The highest BCUT2D eigenvalue weighted by molar-refractivity contribution is 6.31. The van der Waals surface area contributed by atoms with Crippen molar-refractivity contribution in [2.75, 3.05) is 26.7 Å². The van der Waals surface area contributed by atoms with Crippen molar-refractivity contribution >= 4 is 11.6 Å². The van der Waals surface area contributed by atoms with Crippen LogP contribution in [0.1, 0.15) is 24.9 Å². The van der Waals surface area contributed by atoms with Gasteiger partial charge < -0.3 is 5.32 Å². The summed E-state index contributed by atoms with van der Waals surface area (Å²) in [5.74, 6) is 0. The molecule has 1 rings (SSSR count). The molecule has 0 aliphatic rings. The van der Waals surface area contributed by atoms with Crippen LogP contribution in [0.2, 0.25) is 5.02 Å². The Kier molecular flexibility index (Phi) is 6.79. The van der Waals surface area contributed by atoms with Gasteiger partial charge in [-0.2, -0.15) is 13.2 Å². The first-order chi connectivity index (χ1) is 9.37. The molecule has 0 amide bonds. The molecule has 6 heteroatoms. The lowest BCUT2D eigenvalue weighted by molar-refractivity contribution is -0.145. The Balaban J connectivity index is 2.63. The number of alkyl halides is 3. The molecule has 1 aromatic rings. The Hall–Kier alpha value is -0.780. The van der Waals surface area contributed by atoms with Gasteiger partial charge in [0.05, 0.1) is 6.54 Å². The molecule has 0 bridgehead atoms. The first kappa shape index (κ1) is 17.3. The monoisotopic (exact) mass is 308 g/mol. The van der Waals surface area contributed by atoms with Gasteiger partial charge in [-0.25, -0.2) is 0 Å². The second kappa shape index (κ2) is 7.86. The largest absolute Gasteiger partial charge is 0.401 e. The molecule has 0 saturated carbocycles. The molecule has 0 saturated heterocycles. The van der Waals surface area contributed by atoms with Gasteiger partial charge >= 0.3 is 6.18 Å². The Morgan fingerprint density at radius 1 is 1.30 bits per heavy atom. The molecule has 1 N–H and O–H groups in total. The zero-order valence-corrected chi connectivity index (χ0v) is 12.4. The predicted molar refractivity (Wildman–Crippen MR) is 76.0 cm³/mol. The molecule has 0 radical (unpaired) electrons. The lowest BCUT2D eigenvalue weighted by atomic mass is 10.0. The number of rotatable bonds is 7. The number of benzene rings is 1. The molecule has 0 fully saturated rings. The topological polar surface area (TPSA) is 15.3 Å². The first-order valence-corrected chi connectivity index (χ1v) is 6.96. The van der Waals surface area contributed by atoms with Crippen molar-refractivity contribution < 1.29 is 13.2 Å². The van der Waals surface area contributed by atoms with E-state index in [9.17, 15) is 13.2 Å². The second-order valence-corrected chi connectivity index (χ2v) is 5.04. The molecule has 1 unspecified atom stereocenters. The van der Waals surface area contributed by atoms with Crippen molar-refractivity contribution in [1.82, 2.24) is 10.2 Å². The highest BCUT2D eigenvalue weighted by Gasteiger charge is 2.30. The molecule has 20 heavy (non-hydrogen) atoms. The van der Waals surface area contributed by atoms with E-state index in [0.717, 1.165) is 5.56 Å².